The van der Waals surface area contributed by atoms with Crippen LogP contribution in [0.1, 0.15) is 25.8 Å². The molecule has 0 heterocycles. The van der Waals surface area contributed by atoms with Gasteiger partial charge in [-0.15, -0.1) is 0 Å². The Morgan fingerprint density at radius 3 is 2.39 bits per heavy atom. The van der Waals surface area contributed by atoms with Crippen LogP contribution in [0.25, 0.3) is 0 Å². The van der Waals surface area contributed by atoms with Gasteiger partial charge in [0, 0.05) is 13.1 Å². The number of halogens is 2. The van der Waals surface area contributed by atoms with E-state index in [9.17, 15) is 22.4 Å². The van der Waals surface area contributed by atoms with E-state index in [-0.39, 0.29) is 23.2 Å². The lowest BCUT2D eigenvalue weighted by atomic mass is 10.1. The fourth-order valence-electron chi connectivity index (χ4n) is 3.22. The minimum atomic E-state index is -3.90. The van der Waals surface area contributed by atoms with E-state index in [2.05, 4.69) is 5.32 Å². The summed E-state index contributed by atoms with van der Waals surface area (Å²) >= 11 is 5.82. The predicted octanol–water partition coefficient (Wildman–Crippen LogP) is 3.23. The van der Waals surface area contributed by atoms with E-state index < -0.39 is 34.3 Å². The van der Waals surface area contributed by atoms with Crippen LogP contribution in [0, 0.1) is 5.82 Å². The lowest BCUT2D eigenvalue weighted by Gasteiger charge is -2.31. The first kappa shape index (κ1) is 26.6. The van der Waals surface area contributed by atoms with Crippen LogP contribution < -0.4 is 9.62 Å². The third-order valence-electron chi connectivity index (χ3n) is 5.07. The number of carbonyl (C=O) groups is 2. The molecule has 2 rings (SSSR count). The van der Waals surface area contributed by atoms with Crippen molar-refractivity contribution in [3.8, 4) is 0 Å². The van der Waals surface area contributed by atoms with Gasteiger partial charge in [-0.05, 0) is 43.5 Å². The zero-order valence-electron chi connectivity index (χ0n) is 18.9. The molecule has 0 bridgehead atoms. The molecule has 1 unspecified atom stereocenters. The number of anilines is 1. The Balaban J connectivity index is 2.31. The molecular weight excluding hydrogens is 469 g/mol. The van der Waals surface area contributed by atoms with Crippen molar-refractivity contribution in [3.63, 3.8) is 0 Å². The molecule has 0 radical (unpaired) electrons. The van der Waals surface area contributed by atoms with Crippen LogP contribution in [0.2, 0.25) is 5.02 Å². The van der Waals surface area contributed by atoms with Crippen molar-refractivity contribution in [1.29, 1.82) is 0 Å². The molecule has 0 aliphatic heterocycles. The van der Waals surface area contributed by atoms with Crippen molar-refractivity contribution in [1.82, 2.24) is 10.2 Å². The van der Waals surface area contributed by atoms with Crippen LogP contribution >= 0.6 is 11.6 Å². The van der Waals surface area contributed by atoms with Crippen molar-refractivity contribution in [3.05, 3.63) is 64.9 Å². The molecule has 0 aliphatic rings. The van der Waals surface area contributed by atoms with Gasteiger partial charge in [0.1, 0.15) is 18.4 Å². The number of sulfonamides is 1. The normalized spacial score (nSPS) is 12.2. The van der Waals surface area contributed by atoms with E-state index in [0.29, 0.717) is 13.0 Å². The van der Waals surface area contributed by atoms with Crippen LogP contribution in [0.4, 0.5) is 10.1 Å². The molecule has 0 spiro atoms. The van der Waals surface area contributed by atoms with Gasteiger partial charge >= 0.3 is 0 Å². The summed E-state index contributed by atoms with van der Waals surface area (Å²) in [6.45, 7) is 3.65. The zero-order valence-corrected chi connectivity index (χ0v) is 20.5. The Morgan fingerprint density at radius 1 is 1.15 bits per heavy atom. The maximum atomic E-state index is 13.6. The van der Waals surface area contributed by atoms with E-state index in [0.717, 1.165) is 34.7 Å². The zero-order chi connectivity index (χ0) is 24.6. The standard InChI is InChI=1S/C23H29ClFN3O4S/c1-4-13-26-23(30)17(2)27(14-12-18-8-6-5-7-9-18)22(29)16-28(33(3,31)32)19-10-11-21(25)20(24)15-19/h5-11,15,17H,4,12-14,16H2,1-3H3,(H,26,30). The second kappa shape index (κ2) is 12.0. The van der Waals surface area contributed by atoms with Gasteiger partial charge in [0.2, 0.25) is 21.8 Å². The number of hydrogen-bond acceptors (Lipinski definition) is 4. The Morgan fingerprint density at radius 2 is 1.82 bits per heavy atom. The molecule has 0 aromatic heterocycles. The van der Waals surface area contributed by atoms with Gasteiger partial charge in [-0.3, -0.25) is 13.9 Å². The van der Waals surface area contributed by atoms with Crippen LogP contribution in [0.15, 0.2) is 48.5 Å². The SMILES string of the molecule is CCCNC(=O)C(C)N(CCc1ccccc1)C(=O)CN(c1ccc(F)c(Cl)c1)S(C)(=O)=O. The first-order chi connectivity index (χ1) is 15.5. The van der Waals surface area contributed by atoms with Gasteiger partial charge in [-0.1, -0.05) is 48.9 Å². The fourth-order valence-corrected chi connectivity index (χ4v) is 4.24. The van der Waals surface area contributed by atoms with Crippen LogP contribution in [0.5, 0.6) is 0 Å². The van der Waals surface area contributed by atoms with E-state index in [4.69, 9.17) is 11.6 Å². The predicted molar refractivity (Wildman–Crippen MR) is 128 cm³/mol. The molecule has 1 N–H and O–H groups in total. The van der Waals surface area contributed by atoms with Gasteiger partial charge in [-0.25, -0.2) is 12.8 Å². The highest BCUT2D eigenvalue weighted by atomic mass is 35.5. The second-order valence-corrected chi connectivity index (χ2v) is 9.97. The molecule has 1 atom stereocenters. The number of carbonyl (C=O) groups excluding carboxylic acids is 2. The molecule has 10 heteroatoms. The van der Waals surface area contributed by atoms with E-state index >= 15 is 0 Å². The topological polar surface area (TPSA) is 86.8 Å². The number of rotatable bonds is 11. The molecule has 0 aliphatic carbocycles. The van der Waals surface area contributed by atoms with Gasteiger partial charge in [0.15, 0.2) is 0 Å². The molecule has 0 saturated heterocycles. The lowest BCUT2D eigenvalue weighted by Crippen LogP contribution is -2.52. The molecule has 7 nitrogen and oxygen atoms in total. The largest absolute Gasteiger partial charge is 0.354 e. The average molecular weight is 498 g/mol. The van der Waals surface area contributed by atoms with Gasteiger partial charge in [0.05, 0.1) is 17.0 Å². The minimum Gasteiger partial charge on any atom is -0.354 e. The number of amides is 2. The molecule has 2 aromatic rings. The van der Waals surface area contributed by atoms with Crippen LogP contribution in [0.3, 0.4) is 0 Å². The summed E-state index contributed by atoms with van der Waals surface area (Å²) in [5.41, 5.74) is 1.03. The summed E-state index contributed by atoms with van der Waals surface area (Å²) < 4.78 is 39.3. The van der Waals surface area contributed by atoms with Gasteiger partial charge < -0.3 is 10.2 Å². The lowest BCUT2D eigenvalue weighted by molar-refractivity contribution is -0.138. The minimum absolute atomic E-state index is 0.0587. The number of benzene rings is 2. The van der Waals surface area contributed by atoms with Gasteiger partial charge in [-0.2, -0.15) is 0 Å². The van der Waals surface area contributed by atoms with E-state index in [1.165, 1.54) is 11.0 Å². The van der Waals surface area contributed by atoms with Crippen molar-refractivity contribution >= 4 is 39.1 Å². The monoisotopic (exact) mass is 497 g/mol. The molecule has 33 heavy (non-hydrogen) atoms. The second-order valence-electron chi connectivity index (χ2n) is 7.66. The van der Waals surface area contributed by atoms with Crippen molar-refractivity contribution in [2.45, 2.75) is 32.7 Å². The number of nitrogens with one attached hydrogen (secondary N) is 1. The summed E-state index contributed by atoms with van der Waals surface area (Å²) in [6.07, 6.45) is 2.17. The molecular formula is C23H29ClFN3O4S. The summed E-state index contributed by atoms with van der Waals surface area (Å²) in [6, 6.07) is 12.1. The van der Waals surface area contributed by atoms with Crippen molar-refractivity contribution < 1.29 is 22.4 Å². The third kappa shape index (κ3) is 7.71. The third-order valence-corrected chi connectivity index (χ3v) is 6.50. The Hall–Kier alpha value is -2.65. The Kier molecular flexibility index (Phi) is 9.67. The summed E-state index contributed by atoms with van der Waals surface area (Å²) in [7, 11) is -3.90. The fraction of sp³-hybridized carbons (Fsp3) is 0.391. The number of hydrogen-bond donors (Lipinski definition) is 1. The summed E-state index contributed by atoms with van der Waals surface area (Å²) in [4.78, 5) is 27.3. The van der Waals surface area contributed by atoms with E-state index in [1.807, 2.05) is 37.3 Å². The summed E-state index contributed by atoms with van der Waals surface area (Å²) in [5.74, 6) is -1.59. The molecule has 0 fully saturated rings. The highest BCUT2D eigenvalue weighted by molar-refractivity contribution is 7.92. The molecule has 2 aromatic carbocycles. The highest BCUT2D eigenvalue weighted by Crippen LogP contribution is 2.24. The number of nitrogens with zero attached hydrogens (tertiary/aromatic N) is 2. The molecule has 2 amide bonds. The average Bonchev–Trinajstić information content (AvgIpc) is 2.77. The van der Waals surface area contributed by atoms with Crippen LogP contribution in [-0.4, -0.2) is 57.1 Å². The maximum absolute atomic E-state index is 13.6. The highest BCUT2D eigenvalue weighted by Gasteiger charge is 2.29. The first-order valence-electron chi connectivity index (χ1n) is 10.6. The van der Waals surface area contributed by atoms with E-state index in [1.54, 1.807) is 6.92 Å². The van der Waals surface area contributed by atoms with Crippen LogP contribution in [-0.2, 0) is 26.0 Å². The first-order valence-corrected chi connectivity index (χ1v) is 12.8. The molecule has 180 valence electrons. The van der Waals surface area contributed by atoms with Gasteiger partial charge in [0.25, 0.3) is 0 Å². The smallest absolute Gasteiger partial charge is 0.244 e. The summed E-state index contributed by atoms with van der Waals surface area (Å²) in [5, 5.41) is 2.51. The Bertz CT molecular complexity index is 1070. The van der Waals surface area contributed by atoms with Crippen molar-refractivity contribution in [2.24, 2.45) is 0 Å². The molecule has 0 saturated carbocycles. The maximum Gasteiger partial charge on any atom is 0.244 e. The Labute approximate surface area is 199 Å². The quantitative estimate of drug-likeness (QED) is 0.516. The van der Waals surface area contributed by atoms with Crippen molar-refractivity contribution in [2.75, 3.05) is 30.2 Å².